The Morgan fingerprint density at radius 3 is 2.90 bits per heavy atom. The van der Waals surface area contributed by atoms with Crippen LogP contribution in [0.3, 0.4) is 0 Å². The van der Waals surface area contributed by atoms with Gasteiger partial charge in [0.1, 0.15) is 6.54 Å². The maximum Gasteiger partial charge on any atom is 0.240 e. The fourth-order valence-electron chi connectivity index (χ4n) is 2.83. The molecule has 4 nitrogen and oxygen atoms in total. The number of hydrogen-bond donors (Lipinski definition) is 2. The summed E-state index contributed by atoms with van der Waals surface area (Å²) in [6.45, 7) is 4.44. The van der Waals surface area contributed by atoms with Gasteiger partial charge in [0.25, 0.3) is 0 Å². The zero-order chi connectivity index (χ0) is 14.2. The molecule has 0 atom stereocenters. The van der Waals surface area contributed by atoms with Crippen molar-refractivity contribution >= 4 is 5.91 Å². The molecule has 1 aromatic heterocycles. The van der Waals surface area contributed by atoms with Gasteiger partial charge in [-0.3, -0.25) is 4.79 Å². The molecular weight excluding hydrogens is 250 g/mol. The lowest BCUT2D eigenvalue weighted by Gasteiger charge is -2.23. The van der Waals surface area contributed by atoms with Crippen LogP contribution in [0.2, 0.25) is 0 Å². The number of amides is 1. The normalized spacial score (nSPS) is 16.2. The molecule has 4 heteroatoms. The van der Waals surface area contributed by atoms with E-state index in [9.17, 15) is 4.79 Å². The molecule has 20 heavy (non-hydrogen) atoms. The predicted molar refractivity (Wildman–Crippen MR) is 81.4 cm³/mol. The Hall–Kier alpha value is -1.29. The smallest absolute Gasteiger partial charge is 0.240 e. The summed E-state index contributed by atoms with van der Waals surface area (Å²) in [5, 5.41) is 6.55. The van der Waals surface area contributed by atoms with Gasteiger partial charge in [0.2, 0.25) is 5.91 Å². The van der Waals surface area contributed by atoms with Crippen LogP contribution in [0.4, 0.5) is 0 Å². The molecule has 0 bridgehead atoms. The molecule has 0 radical (unpaired) electrons. The van der Waals surface area contributed by atoms with E-state index in [0.29, 0.717) is 12.6 Å². The van der Waals surface area contributed by atoms with Crippen LogP contribution in [-0.4, -0.2) is 23.1 Å². The summed E-state index contributed by atoms with van der Waals surface area (Å²) in [6, 6.07) is 4.49. The Labute approximate surface area is 121 Å². The van der Waals surface area contributed by atoms with Crippen LogP contribution in [0.1, 0.15) is 51.1 Å². The Bertz CT molecular complexity index is 408. The highest BCUT2D eigenvalue weighted by Crippen LogP contribution is 2.17. The molecule has 1 aliphatic rings. The molecule has 0 saturated heterocycles. The molecular formula is C16H27N3O. The summed E-state index contributed by atoms with van der Waals surface area (Å²) in [6.07, 6.45) is 9.22. The van der Waals surface area contributed by atoms with E-state index in [1.807, 2.05) is 16.8 Å². The van der Waals surface area contributed by atoms with Gasteiger partial charge < -0.3 is 15.2 Å². The average molecular weight is 277 g/mol. The SMILES string of the molecule is CCCNCc1cccn1CC(=O)NC1CCCCC1. The van der Waals surface area contributed by atoms with Gasteiger partial charge in [-0.2, -0.15) is 0 Å². The molecule has 1 aliphatic carbocycles. The standard InChI is InChI=1S/C16H27N3O/c1-2-10-17-12-15-9-6-11-19(15)13-16(20)18-14-7-4-3-5-8-14/h6,9,11,14,17H,2-5,7-8,10,12-13H2,1H3,(H,18,20). The Kier molecular flexibility index (Phi) is 6.12. The van der Waals surface area contributed by atoms with E-state index >= 15 is 0 Å². The van der Waals surface area contributed by atoms with E-state index in [-0.39, 0.29) is 5.91 Å². The second kappa shape index (κ2) is 8.10. The third-order valence-electron chi connectivity index (χ3n) is 3.94. The van der Waals surface area contributed by atoms with Gasteiger partial charge >= 0.3 is 0 Å². The number of hydrogen-bond acceptors (Lipinski definition) is 2. The van der Waals surface area contributed by atoms with E-state index in [2.05, 4.69) is 23.6 Å². The fraction of sp³-hybridized carbons (Fsp3) is 0.688. The van der Waals surface area contributed by atoms with Crippen LogP contribution >= 0.6 is 0 Å². The van der Waals surface area contributed by atoms with Crippen LogP contribution in [0.15, 0.2) is 18.3 Å². The van der Waals surface area contributed by atoms with Crippen molar-refractivity contribution in [1.82, 2.24) is 15.2 Å². The highest BCUT2D eigenvalue weighted by atomic mass is 16.2. The number of rotatable bonds is 7. The average Bonchev–Trinajstić information content (AvgIpc) is 2.87. The van der Waals surface area contributed by atoms with Crippen LogP contribution < -0.4 is 10.6 Å². The summed E-state index contributed by atoms with van der Waals surface area (Å²) in [7, 11) is 0. The Morgan fingerprint density at radius 1 is 1.35 bits per heavy atom. The van der Waals surface area contributed by atoms with Gasteiger partial charge in [-0.05, 0) is 37.9 Å². The topological polar surface area (TPSA) is 46.1 Å². The summed E-state index contributed by atoms with van der Waals surface area (Å²) in [5.74, 6) is 0.143. The first-order chi connectivity index (χ1) is 9.79. The van der Waals surface area contributed by atoms with E-state index in [0.717, 1.165) is 32.4 Å². The zero-order valence-corrected chi connectivity index (χ0v) is 12.5. The molecule has 2 rings (SSSR count). The Morgan fingerprint density at radius 2 is 2.15 bits per heavy atom. The second-order valence-electron chi connectivity index (χ2n) is 5.71. The van der Waals surface area contributed by atoms with Crippen LogP contribution in [-0.2, 0) is 17.9 Å². The van der Waals surface area contributed by atoms with Crippen molar-refractivity contribution in [3.63, 3.8) is 0 Å². The summed E-state index contributed by atoms with van der Waals surface area (Å²) >= 11 is 0. The number of aromatic nitrogens is 1. The second-order valence-corrected chi connectivity index (χ2v) is 5.71. The van der Waals surface area contributed by atoms with Crippen molar-refractivity contribution in [2.75, 3.05) is 6.54 Å². The highest BCUT2D eigenvalue weighted by molar-refractivity contribution is 5.76. The molecule has 0 aromatic carbocycles. The predicted octanol–water partition coefficient (Wildman–Crippen LogP) is 2.44. The minimum absolute atomic E-state index is 0.143. The van der Waals surface area contributed by atoms with Gasteiger partial charge in [-0.25, -0.2) is 0 Å². The quantitative estimate of drug-likeness (QED) is 0.752. The van der Waals surface area contributed by atoms with E-state index < -0.39 is 0 Å². The van der Waals surface area contributed by atoms with Crippen LogP contribution in [0, 0.1) is 0 Å². The van der Waals surface area contributed by atoms with E-state index in [1.165, 1.54) is 25.0 Å². The minimum Gasteiger partial charge on any atom is -0.352 e. The van der Waals surface area contributed by atoms with Crippen molar-refractivity contribution in [2.45, 2.75) is 64.6 Å². The molecule has 1 heterocycles. The molecule has 112 valence electrons. The molecule has 0 unspecified atom stereocenters. The summed E-state index contributed by atoms with van der Waals surface area (Å²) < 4.78 is 2.04. The van der Waals surface area contributed by atoms with Crippen LogP contribution in [0.25, 0.3) is 0 Å². The molecule has 0 aliphatic heterocycles. The first kappa shape index (κ1) is 15.1. The number of nitrogens with zero attached hydrogens (tertiary/aromatic N) is 1. The van der Waals surface area contributed by atoms with Crippen molar-refractivity contribution in [2.24, 2.45) is 0 Å². The molecule has 1 amide bonds. The number of nitrogens with one attached hydrogen (secondary N) is 2. The maximum absolute atomic E-state index is 12.1. The first-order valence-corrected chi connectivity index (χ1v) is 7.93. The fourth-order valence-corrected chi connectivity index (χ4v) is 2.83. The van der Waals surface area contributed by atoms with Crippen LogP contribution in [0.5, 0.6) is 0 Å². The van der Waals surface area contributed by atoms with E-state index in [4.69, 9.17) is 0 Å². The van der Waals surface area contributed by atoms with Gasteiger partial charge in [0, 0.05) is 24.5 Å². The zero-order valence-electron chi connectivity index (χ0n) is 12.5. The monoisotopic (exact) mass is 277 g/mol. The van der Waals surface area contributed by atoms with Gasteiger partial charge in [-0.15, -0.1) is 0 Å². The first-order valence-electron chi connectivity index (χ1n) is 7.93. The highest BCUT2D eigenvalue weighted by Gasteiger charge is 2.16. The lowest BCUT2D eigenvalue weighted by Crippen LogP contribution is -2.38. The lowest BCUT2D eigenvalue weighted by molar-refractivity contribution is -0.122. The number of carbonyl (C=O) groups is 1. The largest absolute Gasteiger partial charge is 0.352 e. The van der Waals surface area contributed by atoms with Crippen molar-refractivity contribution in [3.8, 4) is 0 Å². The summed E-state index contributed by atoms with van der Waals surface area (Å²) in [5.41, 5.74) is 1.18. The third-order valence-corrected chi connectivity index (χ3v) is 3.94. The van der Waals surface area contributed by atoms with Gasteiger partial charge in [-0.1, -0.05) is 26.2 Å². The molecule has 1 fully saturated rings. The van der Waals surface area contributed by atoms with Crippen molar-refractivity contribution in [3.05, 3.63) is 24.0 Å². The summed E-state index contributed by atoms with van der Waals surface area (Å²) in [4.78, 5) is 12.1. The number of carbonyl (C=O) groups excluding carboxylic acids is 1. The molecule has 0 spiro atoms. The third kappa shape index (κ3) is 4.67. The van der Waals surface area contributed by atoms with Crippen molar-refractivity contribution in [1.29, 1.82) is 0 Å². The Balaban J connectivity index is 1.79. The lowest BCUT2D eigenvalue weighted by atomic mass is 9.95. The van der Waals surface area contributed by atoms with E-state index in [1.54, 1.807) is 0 Å². The van der Waals surface area contributed by atoms with Gasteiger partial charge in [0.15, 0.2) is 0 Å². The molecule has 2 N–H and O–H groups in total. The molecule has 1 aromatic rings. The minimum atomic E-state index is 0.143. The van der Waals surface area contributed by atoms with Gasteiger partial charge in [0.05, 0.1) is 0 Å². The molecule has 1 saturated carbocycles. The van der Waals surface area contributed by atoms with Crippen molar-refractivity contribution < 1.29 is 4.79 Å². The maximum atomic E-state index is 12.1.